The molecular weight excluding hydrogens is 268 g/mol. The lowest BCUT2D eigenvalue weighted by molar-refractivity contribution is -0.117. The molecule has 0 fully saturated rings. The third-order valence-electron chi connectivity index (χ3n) is 2.47. The average molecular weight is 285 g/mol. The Kier molecular flexibility index (Phi) is 5.32. The van der Waals surface area contributed by atoms with E-state index in [1.807, 2.05) is 13.8 Å². The van der Waals surface area contributed by atoms with Crippen molar-refractivity contribution in [2.24, 2.45) is 11.7 Å². The van der Waals surface area contributed by atoms with E-state index in [1.165, 1.54) is 18.2 Å². The van der Waals surface area contributed by atoms with Gasteiger partial charge in [-0.2, -0.15) is 0 Å². The maximum atomic E-state index is 11.8. The first-order valence-electron chi connectivity index (χ1n) is 5.90. The number of amides is 1. The molecule has 1 unspecified atom stereocenters. The smallest absolute Gasteiger partial charge is 0.335 e. The van der Waals surface area contributed by atoms with Crippen molar-refractivity contribution in [2.45, 2.75) is 26.3 Å². The molecule has 1 aromatic rings. The van der Waals surface area contributed by atoms with Crippen LogP contribution in [0.4, 0.5) is 5.69 Å². The van der Waals surface area contributed by atoms with E-state index in [9.17, 15) is 9.59 Å². The Morgan fingerprint density at radius 1 is 1.37 bits per heavy atom. The lowest BCUT2D eigenvalue weighted by Gasteiger charge is -2.14. The number of rotatable bonds is 5. The van der Waals surface area contributed by atoms with Crippen molar-refractivity contribution < 1.29 is 14.7 Å². The topological polar surface area (TPSA) is 92.4 Å². The van der Waals surface area contributed by atoms with Crippen molar-refractivity contribution >= 4 is 29.2 Å². The predicted octanol–water partition coefficient (Wildman–Crippen LogP) is 2.35. The van der Waals surface area contributed by atoms with Crippen molar-refractivity contribution in [3.8, 4) is 0 Å². The zero-order valence-electron chi connectivity index (χ0n) is 10.8. The zero-order valence-corrected chi connectivity index (χ0v) is 11.6. The van der Waals surface area contributed by atoms with E-state index in [0.717, 1.165) is 0 Å². The summed E-state index contributed by atoms with van der Waals surface area (Å²) in [6.45, 7) is 3.93. The Hall–Kier alpha value is -1.59. The van der Waals surface area contributed by atoms with Crippen LogP contribution in [-0.2, 0) is 4.79 Å². The molecule has 4 N–H and O–H groups in total. The quantitative estimate of drug-likeness (QED) is 0.774. The number of hydrogen-bond acceptors (Lipinski definition) is 3. The summed E-state index contributed by atoms with van der Waals surface area (Å²) in [6, 6.07) is 3.50. The van der Waals surface area contributed by atoms with Crippen LogP contribution in [0.3, 0.4) is 0 Å². The minimum atomic E-state index is -1.11. The lowest BCUT2D eigenvalue weighted by Crippen LogP contribution is -2.36. The van der Waals surface area contributed by atoms with Gasteiger partial charge in [0, 0.05) is 10.7 Å². The van der Waals surface area contributed by atoms with Gasteiger partial charge >= 0.3 is 5.97 Å². The molecule has 0 saturated heterocycles. The third kappa shape index (κ3) is 4.89. The van der Waals surface area contributed by atoms with Crippen molar-refractivity contribution in [3.05, 3.63) is 28.8 Å². The van der Waals surface area contributed by atoms with Gasteiger partial charge in [-0.05, 0) is 30.5 Å². The maximum Gasteiger partial charge on any atom is 0.335 e. The number of halogens is 1. The van der Waals surface area contributed by atoms with Gasteiger partial charge in [-0.25, -0.2) is 4.79 Å². The van der Waals surface area contributed by atoms with Crippen LogP contribution in [0, 0.1) is 5.92 Å². The standard InChI is InChI=1S/C13H17ClN2O3/c1-7(2)3-11(15)12(17)16-10-5-8(13(18)19)4-9(14)6-10/h4-7,11H,3,15H2,1-2H3,(H,16,17)(H,18,19). The van der Waals surface area contributed by atoms with E-state index in [1.54, 1.807) is 0 Å². The molecule has 1 amide bonds. The Bertz CT molecular complexity index is 489. The summed E-state index contributed by atoms with van der Waals surface area (Å²) in [7, 11) is 0. The van der Waals surface area contributed by atoms with Gasteiger partial charge in [-0.3, -0.25) is 4.79 Å². The van der Waals surface area contributed by atoms with Crippen molar-refractivity contribution in [2.75, 3.05) is 5.32 Å². The average Bonchev–Trinajstić information content (AvgIpc) is 2.26. The molecular formula is C13H17ClN2O3. The molecule has 1 rings (SSSR count). The Balaban J connectivity index is 2.82. The molecule has 1 aromatic carbocycles. The van der Waals surface area contributed by atoms with E-state index < -0.39 is 12.0 Å². The van der Waals surface area contributed by atoms with Crippen molar-refractivity contribution in [1.82, 2.24) is 0 Å². The number of anilines is 1. The second-order valence-corrected chi connectivity index (χ2v) is 5.20. The summed E-state index contributed by atoms with van der Waals surface area (Å²) < 4.78 is 0. The molecule has 0 spiro atoms. The summed E-state index contributed by atoms with van der Waals surface area (Å²) in [4.78, 5) is 22.7. The largest absolute Gasteiger partial charge is 0.478 e. The zero-order chi connectivity index (χ0) is 14.6. The van der Waals surface area contributed by atoms with Crippen molar-refractivity contribution in [1.29, 1.82) is 0 Å². The number of aromatic carboxylic acids is 1. The highest BCUT2D eigenvalue weighted by Crippen LogP contribution is 2.19. The number of nitrogens with one attached hydrogen (secondary N) is 1. The number of carbonyl (C=O) groups is 2. The first kappa shape index (κ1) is 15.5. The molecule has 1 atom stereocenters. The van der Waals surface area contributed by atoms with Crippen LogP contribution in [0.1, 0.15) is 30.6 Å². The summed E-state index contributed by atoms with van der Waals surface area (Å²) >= 11 is 5.80. The molecule has 6 heteroatoms. The number of benzene rings is 1. The van der Waals surface area contributed by atoms with Crippen LogP contribution < -0.4 is 11.1 Å². The van der Waals surface area contributed by atoms with E-state index in [4.69, 9.17) is 22.4 Å². The highest BCUT2D eigenvalue weighted by atomic mass is 35.5. The molecule has 0 aromatic heterocycles. The molecule has 0 saturated carbocycles. The Morgan fingerprint density at radius 3 is 2.53 bits per heavy atom. The van der Waals surface area contributed by atoms with Gasteiger partial charge in [0.2, 0.25) is 5.91 Å². The number of hydrogen-bond donors (Lipinski definition) is 3. The summed E-state index contributed by atoms with van der Waals surface area (Å²) in [5.41, 5.74) is 6.08. The minimum absolute atomic E-state index is 0.0141. The van der Waals surface area contributed by atoms with Gasteiger partial charge in [-0.1, -0.05) is 25.4 Å². The highest BCUT2D eigenvalue weighted by molar-refractivity contribution is 6.31. The monoisotopic (exact) mass is 284 g/mol. The second-order valence-electron chi connectivity index (χ2n) is 4.76. The SMILES string of the molecule is CC(C)CC(N)C(=O)Nc1cc(Cl)cc(C(=O)O)c1. The lowest BCUT2D eigenvalue weighted by atomic mass is 10.0. The van der Waals surface area contributed by atoms with Gasteiger partial charge < -0.3 is 16.2 Å². The minimum Gasteiger partial charge on any atom is -0.478 e. The summed E-state index contributed by atoms with van der Waals surface area (Å²) in [5, 5.41) is 11.7. The predicted molar refractivity (Wildman–Crippen MR) is 74.5 cm³/mol. The first-order chi connectivity index (χ1) is 8.79. The summed E-state index contributed by atoms with van der Waals surface area (Å²) in [5.74, 6) is -1.16. The molecule has 0 aliphatic carbocycles. The summed E-state index contributed by atoms with van der Waals surface area (Å²) in [6.07, 6.45) is 0.554. The van der Waals surface area contributed by atoms with Crippen LogP contribution in [0.15, 0.2) is 18.2 Å². The van der Waals surface area contributed by atoms with Gasteiger partial charge in [0.25, 0.3) is 0 Å². The molecule has 0 aliphatic rings. The van der Waals surface area contributed by atoms with Gasteiger partial charge in [0.15, 0.2) is 0 Å². The van der Waals surface area contributed by atoms with Crippen molar-refractivity contribution in [3.63, 3.8) is 0 Å². The molecule has 0 radical (unpaired) electrons. The number of nitrogens with two attached hydrogens (primary N) is 1. The van der Waals surface area contributed by atoms with Crippen LogP contribution in [0.5, 0.6) is 0 Å². The van der Waals surface area contributed by atoms with Gasteiger partial charge in [-0.15, -0.1) is 0 Å². The fourth-order valence-electron chi connectivity index (χ4n) is 1.64. The number of carbonyl (C=O) groups excluding carboxylic acids is 1. The van der Waals surface area contributed by atoms with E-state index in [0.29, 0.717) is 18.0 Å². The molecule has 104 valence electrons. The molecule has 0 aliphatic heterocycles. The van der Waals surface area contributed by atoms with Crippen LogP contribution in [-0.4, -0.2) is 23.0 Å². The normalized spacial score (nSPS) is 12.3. The second kappa shape index (κ2) is 6.54. The highest BCUT2D eigenvalue weighted by Gasteiger charge is 2.16. The third-order valence-corrected chi connectivity index (χ3v) is 2.69. The van der Waals surface area contributed by atoms with Crippen LogP contribution in [0.2, 0.25) is 5.02 Å². The molecule has 5 nitrogen and oxygen atoms in total. The van der Waals surface area contributed by atoms with E-state index in [-0.39, 0.29) is 16.5 Å². The van der Waals surface area contributed by atoms with Gasteiger partial charge in [0.05, 0.1) is 11.6 Å². The van der Waals surface area contributed by atoms with E-state index in [2.05, 4.69) is 5.32 Å². The fraction of sp³-hybridized carbons (Fsp3) is 0.385. The number of carboxylic acids is 1. The molecule has 0 heterocycles. The Labute approximate surface area is 116 Å². The van der Waals surface area contributed by atoms with E-state index >= 15 is 0 Å². The maximum absolute atomic E-state index is 11.8. The molecule has 0 bridgehead atoms. The van der Waals surface area contributed by atoms with Crippen LogP contribution >= 0.6 is 11.6 Å². The Morgan fingerprint density at radius 2 is 2.00 bits per heavy atom. The van der Waals surface area contributed by atoms with Gasteiger partial charge in [0.1, 0.15) is 0 Å². The first-order valence-corrected chi connectivity index (χ1v) is 6.27. The fourth-order valence-corrected chi connectivity index (χ4v) is 1.87. The number of carboxylic acid groups (broad SMARTS) is 1. The van der Waals surface area contributed by atoms with Crippen LogP contribution in [0.25, 0.3) is 0 Å². The molecule has 19 heavy (non-hydrogen) atoms.